The van der Waals surface area contributed by atoms with Crippen LogP contribution >= 0.6 is 0 Å². The van der Waals surface area contributed by atoms with Crippen LogP contribution < -0.4 is 5.32 Å². The molecule has 0 atom stereocenters. The lowest BCUT2D eigenvalue weighted by atomic mass is 10.0. The van der Waals surface area contributed by atoms with E-state index in [1.807, 2.05) is 6.33 Å². The number of nitrogens with one attached hydrogen (secondary N) is 1. The third-order valence-corrected chi connectivity index (χ3v) is 4.59. The summed E-state index contributed by atoms with van der Waals surface area (Å²) in [4.78, 5) is 4.48. The zero-order valence-electron chi connectivity index (χ0n) is 11.9. The molecular weight excluding hydrogens is 210 g/mol. The zero-order valence-corrected chi connectivity index (χ0v) is 11.9. The summed E-state index contributed by atoms with van der Waals surface area (Å²) in [5.41, 5.74) is 1.88. The Morgan fingerprint density at radius 1 is 1.29 bits per heavy atom. The molecule has 3 heteroatoms. The average Bonchev–Trinajstić information content (AvgIpc) is 2.55. The van der Waals surface area contributed by atoms with Gasteiger partial charge in [-0.15, -0.1) is 0 Å². The molecule has 0 aromatic carbocycles. The van der Waals surface area contributed by atoms with Crippen LogP contribution in [-0.4, -0.2) is 15.6 Å². The molecule has 1 aliphatic rings. The van der Waals surface area contributed by atoms with Gasteiger partial charge in [-0.2, -0.15) is 0 Å². The van der Waals surface area contributed by atoms with Crippen LogP contribution in [0.15, 0.2) is 12.5 Å². The first-order chi connectivity index (χ1) is 7.76. The van der Waals surface area contributed by atoms with Crippen molar-refractivity contribution in [3.8, 4) is 0 Å². The van der Waals surface area contributed by atoms with Crippen molar-refractivity contribution in [3.63, 3.8) is 0 Å². The molecule has 1 aromatic rings. The molecule has 0 radical (unpaired) electrons. The quantitative estimate of drug-likeness (QED) is 0.869. The van der Waals surface area contributed by atoms with Crippen molar-refractivity contribution >= 4 is 0 Å². The fourth-order valence-corrected chi connectivity index (χ4v) is 2.83. The largest absolute Gasteiger partial charge is 0.333 e. The summed E-state index contributed by atoms with van der Waals surface area (Å²) in [5.74, 6) is 0. The van der Waals surface area contributed by atoms with Crippen LogP contribution in [0.5, 0.6) is 0 Å². The monoisotopic (exact) mass is 235 g/mol. The van der Waals surface area contributed by atoms with Gasteiger partial charge in [0.1, 0.15) is 0 Å². The van der Waals surface area contributed by atoms with E-state index in [9.17, 15) is 0 Å². The van der Waals surface area contributed by atoms with Crippen molar-refractivity contribution < 1.29 is 0 Å². The Morgan fingerprint density at radius 3 is 2.35 bits per heavy atom. The molecule has 2 rings (SSSR count). The Labute approximate surface area is 105 Å². The van der Waals surface area contributed by atoms with E-state index in [0.717, 1.165) is 12.2 Å². The van der Waals surface area contributed by atoms with Gasteiger partial charge in [-0.3, -0.25) is 0 Å². The Morgan fingerprint density at radius 2 is 1.88 bits per heavy atom. The smallest absolute Gasteiger partial charge is 0.0952 e. The first-order valence-electron chi connectivity index (χ1n) is 6.52. The molecular formula is C14H25N3. The molecule has 0 spiro atoms. The van der Waals surface area contributed by atoms with Crippen LogP contribution in [0.1, 0.15) is 53.3 Å². The van der Waals surface area contributed by atoms with Crippen LogP contribution in [0.4, 0.5) is 0 Å². The van der Waals surface area contributed by atoms with Gasteiger partial charge >= 0.3 is 0 Å². The number of rotatable bonds is 4. The molecule has 1 aromatic heterocycles. The second-order valence-corrected chi connectivity index (χ2v) is 6.69. The van der Waals surface area contributed by atoms with Crippen molar-refractivity contribution in [2.75, 3.05) is 0 Å². The Balaban J connectivity index is 2.05. The first kappa shape index (κ1) is 12.6. The molecule has 0 bridgehead atoms. The molecule has 0 saturated heterocycles. The number of hydrogen-bond donors (Lipinski definition) is 1. The van der Waals surface area contributed by atoms with E-state index in [-0.39, 0.29) is 0 Å². The van der Waals surface area contributed by atoms with Crippen LogP contribution in [0.3, 0.4) is 0 Å². The lowest BCUT2D eigenvalue weighted by Crippen LogP contribution is -2.21. The molecule has 3 nitrogen and oxygen atoms in total. The molecule has 17 heavy (non-hydrogen) atoms. The minimum Gasteiger partial charge on any atom is -0.333 e. The normalized spacial score (nSPS) is 22.1. The lowest BCUT2D eigenvalue weighted by molar-refractivity contribution is 0.457. The Hall–Kier alpha value is -0.830. The highest BCUT2D eigenvalue weighted by atomic mass is 15.1. The summed E-state index contributed by atoms with van der Waals surface area (Å²) in [6.07, 6.45) is 4.18. The van der Waals surface area contributed by atoms with Crippen LogP contribution in [0.25, 0.3) is 0 Å². The maximum Gasteiger partial charge on any atom is 0.0952 e. The van der Waals surface area contributed by atoms with Gasteiger partial charge in [0.05, 0.1) is 12.0 Å². The molecule has 1 aliphatic carbocycles. The number of aromatic nitrogens is 2. The van der Waals surface area contributed by atoms with Gasteiger partial charge in [-0.25, -0.2) is 4.98 Å². The highest BCUT2D eigenvalue weighted by molar-refractivity contribution is 5.18. The minimum atomic E-state index is 0.371. The maximum atomic E-state index is 4.48. The second kappa shape index (κ2) is 3.84. The summed E-state index contributed by atoms with van der Waals surface area (Å²) >= 11 is 0. The number of hydrogen-bond acceptors (Lipinski definition) is 2. The highest BCUT2D eigenvalue weighted by Gasteiger charge is 2.65. The Kier molecular flexibility index (Phi) is 2.85. The third kappa shape index (κ3) is 2.01. The van der Waals surface area contributed by atoms with E-state index < -0.39 is 0 Å². The molecule has 1 heterocycles. The van der Waals surface area contributed by atoms with Crippen molar-refractivity contribution in [3.05, 3.63) is 18.2 Å². The molecule has 0 unspecified atom stereocenters. The standard InChI is InChI=1S/C14H25N3/c1-10(2)15-7-11-8-17(9-16-11)12-13(3,4)14(12,5)6/h8-10,12,15H,7H2,1-6H3. The van der Waals surface area contributed by atoms with Gasteiger partial charge in [0.15, 0.2) is 0 Å². The average molecular weight is 235 g/mol. The molecule has 96 valence electrons. The fraction of sp³-hybridized carbons (Fsp3) is 0.786. The lowest BCUT2D eigenvalue weighted by Gasteiger charge is -2.05. The number of imidazole rings is 1. The van der Waals surface area contributed by atoms with E-state index in [1.54, 1.807) is 0 Å². The van der Waals surface area contributed by atoms with E-state index in [1.165, 1.54) is 0 Å². The van der Waals surface area contributed by atoms with Crippen LogP contribution in [-0.2, 0) is 6.54 Å². The third-order valence-electron chi connectivity index (χ3n) is 4.59. The fourth-order valence-electron chi connectivity index (χ4n) is 2.83. The maximum absolute atomic E-state index is 4.48. The van der Waals surface area contributed by atoms with Crippen molar-refractivity contribution in [2.45, 2.75) is 60.2 Å². The van der Waals surface area contributed by atoms with E-state index in [4.69, 9.17) is 0 Å². The summed E-state index contributed by atoms with van der Waals surface area (Å²) < 4.78 is 2.29. The van der Waals surface area contributed by atoms with Crippen molar-refractivity contribution in [1.82, 2.24) is 14.9 Å². The van der Waals surface area contributed by atoms with Gasteiger partial charge in [0, 0.05) is 24.8 Å². The molecule has 1 saturated carbocycles. The predicted octanol–water partition coefficient (Wildman–Crippen LogP) is 2.99. The SMILES string of the molecule is CC(C)NCc1cn(C2C(C)(C)C2(C)C)cn1. The molecule has 0 aliphatic heterocycles. The molecule has 1 N–H and O–H groups in total. The summed E-state index contributed by atoms with van der Waals surface area (Å²) in [6.45, 7) is 14.5. The second-order valence-electron chi connectivity index (χ2n) is 6.69. The van der Waals surface area contributed by atoms with Crippen LogP contribution in [0, 0.1) is 10.8 Å². The zero-order chi connectivity index (χ0) is 12.8. The summed E-state index contributed by atoms with van der Waals surface area (Å²) in [7, 11) is 0. The van der Waals surface area contributed by atoms with Gasteiger partial charge in [0.25, 0.3) is 0 Å². The summed E-state index contributed by atoms with van der Waals surface area (Å²) in [6, 6.07) is 1.09. The molecule has 0 amide bonds. The van der Waals surface area contributed by atoms with Crippen molar-refractivity contribution in [2.24, 2.45) is 10.8 Å². The topological polar surface area (TPSA) is 29.9 Å². The van der Waals surface area contributed by atoms with E-state index >= 15 is 0 Å². The minimum absolute atomic E-state index is 0.371. The summed E-state index contributed by atoms with van der Waals surface area (Å²) in [5, 5.41) is 3.40. The van der Waals surface area contributed by atoms with Gasteiger partial charge in [0.2, 0.25) is 0 Å². The van der Waals surface area contributed by atoms with Crippen LogP contribution in [0.2, 0.25) is 0 Å². The van der Waals surface area contributed by atoms with Crippen molar-refractivity contribution in [1.29, 1.82) is 0 Å². The van der Waals surface area contributed by atoms with E-state index in [2.05, 4.69) is 62.6 Å². The molecule has 1 fully saturated rings. The first-order valence-corrected chi connectivity index (χ1v) is 6.52. The van der Waals surface area contributed by atoms with Gasteiger partial charge in [-0.1, -0.05) is 41.5 Å². The number of nitrogens with zero attached hydrogens (tertiary/aromatic N) is 2. The predicted molar refractivity (Wildman–Crippen MR) is 70.8 cm³/mol. The Bertz CT molecular complexity index is 387. The van der Waals surface area contributed by atoms with Gasteiger partial charge in [-0.05, 0) is 10.8 Å². The van der Waals surface area contributed by atoms with Gasteiger partial charge < -0.3 is 9.88 Å². The van der Waals surface area contributed by atoms with E-state index in [0.29, 0.717) is 22.9 Å². The highest BCUT2D eigenvalue weighted by Crippen LogP contribution is 2.71.